The van der Waals surface area contributed by atoms with Gasteiger partial charge in [-0.1, -0.05) is 11.6 Å². The van der Waals surface area contributed by atoms with Crippen LogP contribution in [-0.2, 0) is 6.18 Å². The summed E-state index contributed by atoms with van der Waals surface area (Å²) >= 11 is 5.54. The fraction of sp³-hybridized carbons (Fsp3) is 0.0952. The number of amides is 3. The largest absolute Gasteiger partial charge is 0.457 e. The molecule has 33 heavy (non-hydrogen) atoms. The summed E-state index contributed by atoms with van der Waals surface area (Å²) in [5.41, 5.74) is -1.59. The van der Waals surface area contributed by atoms with Crippen LogP contribution in [0, 0.1) is 5.82 Å². The molecule has 0 atom stereocenters. The average molecular weight is 484 g/mol. The monoisotopic (exact) mass is 483 g/mol. The maximum Gasteiger partial charge on any atom is 0.417 e. The standard InChI is InChI=1S/C21H15ClF4N4O3/c1-27-19(31)18-10-13(6-7-28-18)33-12-3-5-17(16(23)9-12)30-20(32)29-11-2-4-15(22)14(8-11)21(24,25)26/h2-10H,1H3,(H,27,31)(H2,29,30,32)/i1D. The van der Waals surface area contributed by atoms with Crippen LogP contribution in [0.2, 0.25) is 5.02 Å². The molecule has 0 aliphatic rings. The predicted octanol–water partition coefficient (Wildman–Crippen LogP) is 5.69. The minimum atomic E-state index is -4.71. The van der Waals surface area contributed by atoms with Gasteiger partial charge in [-0.3, -0.25) is 9.78 Å². The van der Waals surface area contributed by atoms with Gasteiger partial charge in [0.05, 0.1) is 16.3 Å². The number of pyridine rings is 1. The predicted molar refractivity (Wildman–Crippen MR) is 113 cm³/mol. The van der Waals surface area contributed by atoms with Crippen molar-refractivity contribution in [1.29, 1.82) is 0 Å². The minimum absolute atomic E-state index is 0.00365. The first-order valence-corrected chi connectivity index (χ1v) is 9.40. The summed E-state index contributed by atoms with van der Waals surface area (Å²) in [6.07, 6.45) is -3.42. The van der Waals surface area contributed by atoms with Crippen LogP contribution >= 0.6 is 11.6 Å². The summed E-state index contributed by atoms with van der Waals surface area (Å²) in [6, 6.07) is 8.01. The SMILES string of the molecule is [2H]CNC(=O)c1cc(Oc2ccc(NC(=O)Nc3ccc(Cl)c(C(F)(F)F)c3)c(F)c2)ccn1. The molecule has 7 nitrogen and oxygen atoms in total. The van der Waals surface area contributed by atoms with E-state index in [0.717, 1.165) is 18.2 Å². The third kappa shape index (κ3) is 6.10. The van der Waals surface area contributed by atoms with Crippen molar-refractivity contribution in [3.63, 3.8) is 0 Å². The number of halogens is 5. The highest BCUT2D eigenvalue weighted by atomic mass is 35.5. The summed E-state index contributed by atoms with van der Waals surface area (Å²) in [6.45, 7) is 0. The molecule has 3 rings (SSSR count). The lowest BCUT2D eigenvalue weighted by Crippen LogP contribution is -2.20. The van der Waals surface area contributed by atoms with Gasteiger partial charge in [0.25, 0.3) is 5.91 Å². The summed E-state index contributed by atoms with van der Waals surface area (Å²) in [4.78, 5) is 27.7. The molecule has 0 saturated carbocycles. The average Bonchev–Trinajstić information content (AvgIpc) is 2.76. The van der Waals surface area contributed by atoms with Crippen molar-refractivity contribution in [1.82, 2.24) is 10.3 Å². The Kier molecular flexibility index (Phi) is 6.59. The van der Waals surface area contributed by atoms with E-state index in [0.29, 0.717) is 6.07 Å². The fourth-order valence-electron chi connectivity index (χ4n) is 2.59. The molecule has 0 fully saturated rings. The number of alkyl halides is 3. The van der Waals surface area contributed by atoms with Crippen molar-refractivity contribution < 1.29 is 33.3 Å². The third-order valence-corrected chi connectivity index (χ3v) is 4.41. The molecule has 3 aromatic rings. The number of ether oxygens (including phenoxy) is 1. The molecule has 1 heterocycles. The Morgan fingerprint density at radius 1 is 1.06 bits per heavy atom. The van der Waals surface area contributed by atoms with Crippen molar-refractivity contribution in [3.8, 4) is 11.5 Å². The van der Waals surface area contributed by atoms with E-state index in [1.165, 1.54) is 30.5 Å². The molecule has 1 aromatic heterocycles. The number of nitrogens with zero attached hydrogens (tertiary/aromatic N) is 1. The Morgan fingerprint density at radius 2 is 1.82 bits per heavy atom. The van der Waals surface area contributed by atoms with Gasteiger partial charge >= 0.3 is 12.2 Å². The lowest BCUT2D eigenvalue weighted by atomic mass is 10.2. The van der Waals surface area contributed by atoms with Crippen molar-refractivity contribution in [3.05, 3.63) is 76.8 Å². The van der Waals surface area contributed by atoms with E-state index in [9.17, 15) is 27.2 Å². The molecule has 0 unspecified atom stereocenters. The lowest BCUT2D eigenvalue weighted by molar-refractivity contribution is -0.137. The first kappa shape index (κ1) is 22.3. The molecule has 0 radical (unpaired) electrons. The third-order valence-electron chi connectivity index (χ3n) is 4.08. The number of rotatable bonds is 5. The molecule has 3 amide bonds. The van der Waals surface area contributed by atoms with Gasteiger partial charge in [-0.2, -0.15) is 13.2 Å². The Morgan fingerprint density at radius 3 is 2.52 bits per heavy atom. The Hall–Kier alpha value is -3.86. The van der Waals surface area contributed by atoms with E-state index < -0.39 is 34.5 Å². The van der Waals surface area contributed by atoms with Crippen molar-refractivity contribution in [2.24, 2.45) is 0 Å². The molecular weight excluding hydrogens is 468 g/mol. The van der Waals surface area contributed by atoms with Gasteiger partial charge in [-0.25, -0.2) is 9.18 Å². The van der Waals surface area contributed by atoms with Gasteiger partial charge < -0.3 is 20.7 Å². The second-order valence-electron chi connectivity index (χ2n) is 6.40. The number of anilines is 2. The molecule has 0 saturated heterocycles. The van der Waals surface area contributed by atoms with E-state index in [2.05, 4.69) is 20.9 Å². The minimum Gasteiger partial charge on any atom is -0.457 e. The van der Waals surface area contributed by atoms with E-state index in [-0.39, 0.29) is 35.6 Å². The highest BCUT2D eigenvalue weighted by molar-refractivity contribution is 6.31. The van der Waals surface area contributed by atoms with Crippen LogP contribution in [0.25, 0.3) is 0 Å². The smallest absolute Gasteiger partial charge is 0.417 e. The quantitative estimate of drug-likeness (QED) is 0.407. The molecule has 0 aliphatic heterocycles. The highest BCUT2D eigenvalue weighted by Crippen LogP contribution is 2.36. The second-order valence-corrected chi connectivity index (χ2v) is 6.81. The topological polar surface area (TPSA) is 92.4 Å². The zero-order chi connectivity index (χ0) is 24.9. The molecule has 172 valence electrons. The van der Waals surface area contributed by atoms with Crippen LogP contribution in [0.3, 0.4) is 0 Å². The normalized spacial score (nSPS) is 11.4. The molecule has 0 bridgehead atoms. The van der Waals surface area contributed by atoms with Crippen molar-refractivity contribution in [2.75, 3.05) is 17.7 Å². The van der Waals surface area contributed by atoms with Crippen LogP contribution in [0.1, 0.15) is 17.4 Å². The number of carbonyl (C=O) groups is 2. The number of hydrogen-bond acceptors (Lipinski definition) is 4. The van der Waals surface area contributed by atoms with Crippen molar-refractivity contribution >= 4 is 34.9 Å². The van der Waals surface area contributed by atoms with Gasteiger partial charge in [0.15, 0.2) is 0 Å². The first-order chi connectivity index (χ1) is 16.1. The van der Waals surface area contributed by atoms with Gasteiger partial charge in [-0.15, -0.1) is 0 Å². The molecule has 3 N–H and O–H groups in total. The number of benzene rings is 2. The maximum absolute atomic E-state index is 14.4. The fourth-order valence-corrected chi connectivity index (χ4v) is 2.82. The number of hydrogen-bond donors (Lipinski definition) is 3. The van der Waals surface area contributed by atoms with E-state index in [1.54, 1.807) is 0 Å². The van der Waals surface area contributed by atoms with Gasteiger partial charge in [0.1, 0.15) is 23.0 Å². The number of aromatic nitrogens is 1. The Bertz CT molecular complexity index is 1230. The summed E-state index contributed by atoms with van der Waals surface area (Å²) in [7, 11) is -0.333. The number of urea groups is 1. The zero-order valence-corrected chi connectivity index (χ0v) is 17.2. The highest BCUT2D eigenvalue weighted by Gasteiger charge is 2.33. The van der Waals surface area contributed by atoms with Crippen LogP contribution in [0.5, 0.6) is 11.5 Å². The number of carbonyl (C=O) groups excluding carboxylic acids is 2. The van der Waals surface area contributed by atoms with Gasteiger partial charge in [-0.05, 0) is 36.4 Å². The van der Waals surface area contributed by atoms with Crippen LogP contribution in [-0.4, -0.2) is 23.9 Å². The molecule has 0 aliphatic carbocycles. The van der Waals surface area contributed by atoms with Gasteiger partial charge in [0.2, 0.25) is 0 Å². The summed E-state index contributed by atoms with van der Waals surface area (Å²) in [5.74, 6) is -1.26. The Balaban J connectivity index is 1.67. The van der Waals surface area contributed by atoms with Gasteiger partial charge in [0, 0.05) is 32.4 Å². The number of nitrogens with one attached hydrogen (secondary N) is 3. The zero-order valence-electron chi connectivity index (χ0n) is 17.5. The Labute approximate surface area is 191 Å². The van der Waals surface area contributed by atoms with E-state index >= 15 is 0 Å². The first-order valence-electron chi connectivity index (χ1n) is 9.73. The van der Waals surface area contributed by atoms with Crippen molar-refractivity contribution in [2.45, 2.75) is 6.18 Å². The molecule has 0 spiro atoms. The molecule has 12 heteroatoms. The van der Waals surface area contributed by atoms with E-state index in [1.807, 2.05) is 0 Å². The van der Waals surface area contributed by atoms with Crippen LogP contribution in [0.15, 0.2) is 54.7 Å². The maximum atomic E-state index is 14.4. The lowest BCUT2D eigenvalue weighted by Gasteiger charge is -2.13. The second kappa shape index (κ2) is 9.74. The van der Waals surface area contributed by atoms with Crippen LogP contribution < -0.4 is 20.7 Å². The van der Waals surface area contributed by atoms with Crippen LogP contribution in [0.4, 0.5) is 33.7 Å². The van der Waals surface area contributed by atoms with E-state index in [4.69, 9.17) is 17.7 Å². The molecule has 2 aromatic carbocycles. The summed E-state index contributed by atoms with van der Waals surface area (Å²) < 4.78 is 65.8. The summed E-state index contributed by atoms with van der Waals surface area (Å²) in [5, 5.41) is 6.09. The molecular formula is C21H15ClF4N4O3.